The number of nitrogens with one attached hydrogen (secondary N) is 2. The summed E-state index contributed by atoms with van der Waals surface area (Å²) < 4.78 is 0. The summed E-state index contributed by atoms with van der Waals surface area (Å²) in [5.74, 6) is -0.569. The lowest BCUT2D eigenvalue weighted by atomic mass is 9.88. The Morgan fingerprint density at radius 3 is 2.62 bits per heavy atom. The van der Waals surface area contributed by atoms with E-state index in [0.717, 1.165) is 62.7 Å². The zero-order valence-electron chi connectivity index (χ0n) is 17.0. The summed E-state index contributed by atoms with van der Waals surface area (Å²) in [5.41, 5.74) is 1.72. The Morgan fingerprint density at radius 2 is 1.86 bits per heavy atom. The van der Waals surface area contributed by atoms with Gasteiger partial charge in [0.05, 0.1) is 12.1 Å². The second-order valence-electron chi connectivity index (χ2n) is 8.42. The number of anilines is 1. The van der Waals surface area contributed by atoms with Crippen molar-refractivity contribution in [1.29, 1.82) is 0 Å². The quantitative estimate of drug-likeness (QED) is 0.817. The number of carbonyl (C=O) groups is 3. The minimum Gasteiger partial charge on any atom is -0.324 e. The van der Waals surface area contributed by atoms with Crippen molar-refractivity contribution in [2.24, 2.45) is 5.92 Å². The summed E-state index contributed by atoms with van der Waals surface area (Å²) in [7, 11) is 0. The average Bonchev–Trinajstić information content (AvgIpc) is 2.74. The van der Waals surface area contributed by atoms with E-state index in [-0.39, 0.29) is 36.3 Å². The van der Waals surface area contributed by atoms with Gasteiger partial charge in [-0.1, -0.05) is 37.5 Å². The van der Waals surface area contributed by atoms with E-state index in [9.17, 15) is 14.4 Å². The Kier molecular flexibility index (Phi) is 5.85. The number of benzene rings is 1. The van der Waals surface area contributed by atoms with E-state index in [2.05, 4.69) is 10.6 Å². The molecule has 0 bridgehead atoms. The summed E-state index contributed by atoms with van der Waals surface area (Å²) in [6.07, 6.45) is 6.24. The van der Waals surface area contributed by atoms with E-state index < -0.39 is 6.17 Å². The molecule has 2 saturated heterocycles. The van der Waals surface area contributed by atoms with Gasteiger partial charge in [-0.3, -0.25) is 24.7 Å². The lowest BCUT2D eigenvalue weighted by Gasteiger charge is -2.49. The number of para-hydroxylation sites is 1. The van der Waals surface area contributed by atoms with Crippen molar-refractivity contribution in [3.63, 3.8) is 0 Å². The third kappa shape index (κ3) is 4.01. The lowest BCUT2D eigenvalue weighted by molar-refractivity contribution is -0.145. The number of fused-ring (bicyclic) bond motifs is 1. The van der Waals surface area contributed by atoms with Gasteiger partial charge in [0.25, 0.3) is 0 Å². The van der Waals surface area contributed by atoms with Gasteiger partial charge in [0, 0.05) is 11.7 Å². The minimum atomic E-state index is -0.397. The first-order chi connectivity index (χ1) is 14.1. The van der Waals surface area contributed by atoms with Crippen LogP contribution >= 0.6 is 0 Å². The summed E-state index contributed by atoms with van der Waals surface area (Å²) in [6, 6.07) is 7.22. The molecule has 0 aromatic heterocycles. The molecule has 29 heavy (non-hydrogen) atoms. The Balaban J connectivity index is 1.54. The van der Waals surface area contributed by atoms with Crippen LogP contribution in [0.25, 0.3) is 0 Å². The van der Waals surface area contributed by atoms with Crippen molar-refractivity contribution in [2.75, 3.05) is 18.4 Å². The van der Waals surface area contributed by atoms with E-state index >= 15 is 0 Å². The van der Waals surface area contributed by atoms with Crippen LogP contribution in [-0.2, 0) is 9.59 Å². The van der Waals surface area contributed by atoms with Crippen molar-refractivity contribution in [1.82, 2.24) is 15.1 Å². The van der Waals surface area contributed by atoms with Gasteiger partial charge in [0.1, 0.15) is 6.54 Å². The van der Waals surface area contributed by atoms with Crippen LogP contribution in [0.15, 0.2) is 24.3 Å². The maximum Gasteiger partial charge on any atom is 0.328 e. The molecular formula is C22H30N4O3. The summed E-state index contributed by atoms with van der Waals surface area (Å²) >= 11 is 0. The standard InChI is InChI=1S/C22H30N4O3/c1-15-8-5-6-12-18(15)24-19(27)14-25-20-17(11-7-13-23-20)21(28)26(22(25)29)16-9-3-2-4-10-16/h5-6,8,12,16-17,20,23H,2-4,7,9-11,13-14H2,1H3,(H,24,27). The molecule has 1 aromatic rings. The molecule has 2 heterocycles. The van der Waals surface area contributed by atoms with Crippen LogP contribution in [-0.4, -0.2) is 52.9 Å². The molecule has 1 saturated carbocycles. The molecular weight excluding hydrogens is 368 g/mol. The van der Waals surface area contributed by atoms with Crippen molar-refractivity contribution in [3.8, 4) is 0 Å². The zero-order valence-corrected chi connectivity index (χ0v) is 17.0. The maximum atomic E-state index is 13.4. The minimum absolute atomic E-state index is 0.0337. The fourth-order valence-corrected chi connectivity index (χ4v) is 4.89. The summed E-state index contributed by atoms with van der Waals surface area (Å²) in [5, 5.41) is 6.23. The maximum absolute atomic E-state index is 13.4. The molecule has 156 valence electrons. The number of carbonyl (C=O) groups excluding carboxylic acids is 3. The van der Waals surface area contributed by atoms with Crippen LogP contribution < -0.4 is 10.6 Å². The second kappa shape index (κ2) is 8.53. The average molecular weight is 399 g/mol. The smallest absolute Gasteiger partial charge is 0.324 e. The van der Waals surface area contributed by atoms with Gasteiger partial charge < -0.3 is 5.32 Å². The molecule has 4 rings (SSSR count). The Morgan fingerprint density at radius 1 is 1.10 bits per heavy atom. The first kappa shape index (κ1) is 19.9. The molecule has 7 nitrogen and oxygen atoms in total. The van der Waals surface area contributed by atoms with Crippen molar-refractivity contribution < 1.29 is 14.4 Å². The number of hydrogen-bond donors (Lipinski definition) is 2. The summed E-state index contributed by atoms with van der Waals surface area (Å²) in [4.78, 5) is 42.4. The Labute approximate surface area is 171 Å². The molecule has 7 heteroatoms. The predicted molar refractivity (Wildman–Crippen MR) is 110 cm³/mol. The highest BCUT2D eigenvalue weighted by atomic mass is 16.2. The summed E-state index contributed by atoms with van der Waals surface area (Å²) in [6.45, 7) is 2.63. The van der Waals surface area contributed by atoms with Gasteiger partial charge in [-0.2, -0.15) is 0 Å². The van der Waals surface area contributed by atoms with Crippen molar-refractivity contribution in [3.05, 3.63) is 29.8 Å². The third-order valence-electron chi connectivity index (χ3n) is 6.44. The number of piperidine rings is 1. The molecule has 0 radical (unpaired) electrons. The molecule has 2 aliphatic heterocycles. The zero-order chi connectivity index (χ0) is 20.4. The third-order valence-corrected chi connectivity index (χ3v) is 6.44. The van der Waals surface area contributed by atoms with Crippen molar-refractivity contribution in [2.45, 2.75) is 64.1 Å². The van der Waals surface area contributed by atoms with Crippen LogP contribution in [0.5, 0.6) is 0 Å². The van der Waals surface area contributed by atoms with E-state index in [1.165, 1.54) is 4.90 Å². The Bertz CT molecular complexity index is 790. The van der Waals surface area contributed by atoms with Crippen LogP contribution in [0.3, 0.4) is 0 Å². The number of rotatable bonds is 4. The highest BCUT2D eigenvalue weighted by molar-refractivity contribution is 6.02. The molecule has 0 spiro atoms. The molecule has 3 fully saturated rings. The fourth-order valence-electron chi connectivity index (χ4n) is 4.89. The van der Waals surface area contributed by atoms with Crippen LogP contribution in [0.2, 0.25) is 0 Å². The number of urea groups is 1. The van der Waals surface area contributed by atoms with E-state index in [1.54, 1.807) is 4.90 Å². The predicted octanol–water partition coefficient (Wildman–Crippen LogP) is 2.86. The molecule has 2 unspecified atom stereocenters. The van der Waals surface area contributed by atoms with E-state index in [4.69, 9.17) is 0 Å². The van der Waals surface area contributed by atoms with Gasteiger partial charge in [0.2, 0.25) is 11.8 Å². The number of imide groups is 1. The van der Waals surface area contributed by atoms with Gasteiger partial charge in [-0.15, -0.1) is 0 Å². The van der Waals surface area contributed by atoms with Gasteiger partial charge in [0.15, 0.2) is 0 Å². The number of aryl methyl sites for hydroxylation is 1. The first-order valence-corrected chi connectivity index (χ1v) is 10.8. The van der Waals surface area contributed by atoms with Crippen LogP contribution in [0.1, 0.15) is 50.5 Å². The second-order valence-corrected chi connectivity index (χ2v) is 8.42. The largest absolute Gasteiger partial charge is 0.328 e. The van der Waals surface area contributed by atoms with Gasteiger partial charge in [-0.25, -0.2) is 4.79 Å². The Hall–Kier alpha value is -2.41. The highest BCUT2D eigenvalue weighted by Gasteiger charge is 2.49. The number of hydrogen-bond acceptors (Lipinski definition) is 4. The molecule has 1 aromatic carbocycles. The first-order valence-electron chi connectivity index (χ1n) is 10.8. The SMILES string of the molecule is Cc1ccccc1NC(=O)CN1C(=O)N(C2CCCCC2)C(=O)C2CCCNC21. The van der Waals surface area contributed by atoms with Gasteiger partial charge >= 0.3 is 6.03 Å². The lowest BCUT2D eigenvalue weighted by Crippen LogP contribution is -2.69. The molecule has 2 N–H and O–H groups in total. The van der Waals surface area contributed by atoms with Crippen LogP contribution in [0.4, 0.5) is 10.5 Å². The fraction of sp³-hybridized carbons (Fsp3) is 0.591. The normalized spacial score (nSPS) is 25.7. The monoisotopic (exact) mass is 398 g/mol. The topological polar surface area (TPSA) is 81.8 Å². The van der Waals surface area contributed by atoms with Crippen LogP contribution in [0, 0.1) is 12.8 Å². The molecule has 1 aliphatic carbocycles. The number of nitrogens with zero attached hydrogens (tertiary/aromatic N) is 2. The van der Waals surface area contributed by atoms with Gasteiger partial charge in [-0.05, 0) is 50.8 Å². The van der Waals surface area contributed by atoms with E-state index in [0.29, 0.717) is 0 Å². The molecule has 3 aliphatic rings. The number of amides is 4. The molecule has 2 atom stereocenters. The van der Waals surface area contributed by atoms with E-state index in [1.807, 2.05) is 31.2 Å². The molecule has 4 amide bonds. The van der Waals surface area contributed by atoms with Crippen molar-refractivity contribution >= 4 is 23.5 Å². The highest BCUT2D eigenvalue weighted by Crippen LogP contribution is 2.33.